The van der Waals surface area contributed by atoms with E-state index in [0.29, 0.717) is 29.4 Å². The number of rotatable bonds is 3. The molecule has 5 heteroatoms. The average molecular weight is 265 g/mol. The molecule has 0 unspecified atom stereocenters. The lowest BCUT2D eigenvalue weighted by molar-refractivity contribution is 0.586. The fourth-order valence-electron chi connectivity index (χ4n) is 2.12. The van der Waals surface area contributed by atoms with Crippen molar-refractivity contribution < 1.29 is 8.78 Å². The maximum atomic E-state index is 13.9. The normalized spacial score (nSPS) is 11.3. The minimum absolute atomic E-state index is 0.106. The van der Waals surface area contributed by atoms with E-state index in [1.807, 2.05) is 13.8 Å². The van der Waals surface area contributed by atoms with Gasteiger partial charge in [0.1, 0.15) is 23.1 Å². The zero-order chi connectivity index (χ0) is 14.2. The molecule has 0 aliphatic rings. The molecule has 3 nitrogen and oxygen atoms in total. The zero-order valence-corrected chi connectivity index (χ0v) is 11.2. The maximum absolute atomic E-state index is 13.9. The Balaban J connectivity index is 2.65. The van der Waals surface area contributed by atoms with Crippen molar-refractivity contribution in [3.63, 3.8) is 0 Å². The summed E-state index contributed by atoms with van der Waals surface area (Å²) in [5.74, 6) is -0.474. The number of nitrogens with zero attached hydrogens (tertiary/aromatic N) is 2. The fraction of sp³-hybridized carbons (Fsp3) is 0.357. The van der Waals surface area contributed by atoms with Crippen LogP contribution in [0.15, 0.2) is 18.2 Å². The molecule has 102 valence electrons. The summed E-state index contributed by atoms with van der Waals surface area (Å²) in [6.07, 6.45) is 0.628. The second-order valence-corrected chi connectivity index (χ2v) is 5.03. The third-order valence-electron chi connectivity index (χ3n) is 3.01. The Labute approximate surface area is 111 Å². The number of nitrogen functional groups attached to an aromatic ring is 1. The number of anilines is 1. The molecule has 1 aromatic heterocycles. The summed E-state index contributed by atoms with van der Waals surface area (Å²) in [5, 5.41) is 4.17. The molecule has 0 bridgehead atoms. The first-order valence-electron chi connectivity index (χ1n) is 6.17. The fourth-order valence-corrected chi connectivity index (χ4v) is 2.12. The predicted octanol–water partition coefficient (Wildman–Crippen LogP) is 3.15. The van der Waals surface area contributed by atoms with Crippen LogP contribution in [-0.4, -0.2) is 9.78 Å². The third kappa shape index (κ3) is 2.45. The van der Waals surface area contributed by atoms with Gasteiger partial charge in [0, 0.05) is 12.6 Å². The summed E-state index contributed by atoms with van der Waals surface area (Å²) >= 11 is 0. The second-order valence-electron chi connectivity index (χ2n) is 5.03. The van der Waals surface area contributed by atoms with Crippen molar-refractivity contribution in [1.82, 2.24) is 9.78 Å². The second kappa shape index (κ2) is 4.99. The van der Waals surface area contributed by atoms with Crippen LogP contribution in [0.5, 0.6) is 0 Å². The Morgan fingerprint density at radius 3 is 2.37 bits per heavy atom. The van der Waals surface area contributed by atoms with Crippen molar-refractivity contribution in [2.24, 2.45) is 13.0 Å². The van der Waals surface area contributed by atoms with Crippen LogP contribution >= 0.6 is 0 Å². The Morgan fingerprint density at radius 1 is 1.26 bits per heavy atom. The third-order valence-corrected chi connectivity index (χ3v) is 3.01. The van der Waals surface area contributed by atoms with Crippen LogP contribution in [0, 0.1) is 17.6 Å². The minimum Gasteiger partial charge on any atom is -0.384 e. The largest absolute Gasteiger partial charge is 0.384 e. The monoisotopic (exact) mass is 265 g/mol. The summed E-state index contributed by atoms with van der Waals surface area (Å²) in [5.41, 5.74) is 6.83. The summed E-state index contributed by atoms with van der Waals surface area (Å²) in [7, 11) is 1.67. The number of aryl methyl sites for hydroxylation is 1. The molecule has 0 fully saturated rings. The molecule has 0 amide bonds. The molecule has 0 aliphatic heterocycles. The van der Waals surface area contributed by atoms with E-state index in [2.05, 4.69) is 5.10 Å². The molecule has 19 heavy (non-hydrogen) atoms. The van der Waals surface area contributed by atoms with Crippen LogP contribution in [0.4, 0.5) is 14.6 Å². The van der Waals surface area contributed by atoms with Gasteiger partial charge in [-0.05, 0) is 24.5 Å². The van der Waals surface area contributed by atoms with Gasteiger partial charge in [0.2, 0.25) is 0 Å². The molecule has 2 rings (SSSR count). The zero-order valence-electron chi connectivity index (χ0n) is 11.2. The molecule has 0 spiro atoms. The highest BCUT2D eigenvalue weighted by atomic mass is 19.1. The molecular formula is C14H17F2N3. The molecule has 0 saturated heterocycles. The van der Waals surface area contributed by atoms with E-state index in [1.165, 1.54) is 22.9 Å². The lowest BCUT2D eigenvalue weighted by Gasteiger charge is -2.08. The Kier molecular flexibility index (Phi) is 3.55. The van der Waals surface area contributed by atoms with Crippen LogP contribution in [-0.2, 0) is 13.5 Å². The number of hydrogen-bond acceptors (Lipinski definition) is 2. The lowest BCUT2D eigenvalue weighted by Crippen LogP contribution is -2.02. The van der Waals surface area contributed by atoms with Crippen LogP contribution in [0.25, 0.3) is 11.3 Å². The number of hydrogen-bond donors (Lipinski definition) is 1. The molecular weight excluding hydrogens is 248 g/mol. The maximum Gasteiger partial charge on any atom is 0.135 e. The highest BCUT2D eigenvalue weighted by molar-refractivity contribution is 5.69. The number of halogens is 2. The molecule has 2 aromatic rings. The summed E-state index contributed by atoms with van der Waals surface area (Å²) in [6.45, 7) is 4.04. The van der Waals surface area contributed by atoms with Gasteiger partial charge in [-0.1, -0.05) is 19.9 Å². The van der Waals surface area contributed by atoms with E-state index < -0.39 is 11.6 Å². The molecule has 0 atom stereocenters. The first-order chi connectivity index (χ1) is 8.91. The average Bonchev–Trinajstić information content (AvgIpc) is 2.57. The van der Waals surface area contributed by atoms with Gasteiger partial charge >= 0.3 is 0 Å². The molecule has 2 N–H and O–H groups in total. The van der Waals surface area contributed by atoms with E-state index in [1.54, 1.807) is 7.05 Å². The van der Waals surface area contributed by atoms with Crippen molar-refractivity contribution in [3.8, 4) is 11.3 Å². The van der Waals surface area contributed by atoms with Gasteiger partial charge in [0.05, 0.1) is 5.56 Å². The van der Waals surface area contributed by atoms with Crippen LogP contribution in [0.2, 0.25) is 0 Å². The van der Waals surface area contributed by atoms with Gasteiger partial charge in [0.15, 0.2) is 0 Å². The van der Waals surface area contributed by atoms with E-state index in [9.17, 15) is 8.78 Å². The summed E-state index contributed by atoms with van der Waals surface area (Å²) in [6, 6.07) is 3.79. The van der Waals surface area contributed by atoms with E-state index >= 15 is 0 Å². The van der Waals surface area contributed by atoms with Gasteiger partial charge in [0.25, 0.3) is 0 Å². The van der Waals surface area contributed by atoms with Gasteiger partial charge in [-0.25, -0.2) is 8.78 Å². The highest BCUT2D eigenvalue weighted by Crippen LogP contribution is 2.32. The van der Waals surface area contributed by atoms with Crippen LogP contribution in [0.3, 0.4) is 0 Å². The highest BCUT2D eigenvalue weighted by Gasteiger charge is 2.21. The Bertz CT molecular complexity index is 583. The molecule has 1 aromatic carbocycles. The number of nitrogens with two attached hydrogens (primary N) is 1. The summed E-state index contributed by atoms with van der Waals surface area (Å²) in [4.78, 5) is 0. The Hall–Kier alpha value is -1.91. The topological polar surface area (TPSA) is 43.8 Å². The van der Waals surface area contributed by atoms with Crippen molar-refractivity contribution in [3.05, 3.63) is 35.4 Å². The smallest absolute Gasteiger partial charge is 0.135 e. The van der Waals surface area contributed by atoms with Crippen LogP contribution < -0.4 is 5.73 Å². The van der Waals surface area contributed by atoms with E-state index in [4.69, 9.17) is 5.73 Å². The Morgan fingerprint density at radius 2 is 1.84 bits per heavy atom. The molecule has 1 heterocycles. The first kappa shape index (κ1) is 13.5. The van der Waals surface area contributed by atoms with Gasteiger partial charge in [-0.3, -0.25) is 4.68 Å². The van der Waals surface area contributed by atoms with Crippen molar-refractivity contribution in [2.45, 2.75) is 20.3 Å². The van der Waals surface area contributed by atoms with Gasteiger partial charge in [-0.15, -0.1) is 0 Å². The molecule has 0 saturated carbocycles. The van der Waals surface area contributed by atoms with Crippen molar-refractivity contribution in [1.29, 1.82) is 0 Å². The van der Waals surface area contributed by atoms with E-state index in [0.717, 1.165) is 0 Å². The minimum atomic E-state index is -0.622. The summed E-state index contributed by atoms with van der Waals surface area (Å²) < 4.78 is 29.2. The first-order valence-corrected chi connectivity index (χ1v) is 6.17. The quantitative estimate of drug-likeness (QED) is 0.926. The van der Waals surface area contributed by atoms with Crippen molar-refractivity contribution in [2.75, 3.05) is 5.73 Å². The lowest BCUT2D eigenvalue weighted by atomic mass is 9.98. The van der Waals surface area contributed by atoms with E-state index in [-0.39, 0.29) is 5.56 Å². The predicted molar refractivity (Wildman–Crippen MR) is 71.5 cm³/mol. The SMILES string of the molecule is CC(C)Cc1c(-c2c(F)cccc2F)nn(C)c1N. The molecule has 0 radical (unpaired) electrons. The van der Waals surface area contributed by atoms with Crippen molar-refractivity contribution >= 4 is 5.82 Å². The van der Waals surface area contributed by atoms with Gasteiger partial charge < -0.3 is 5.73 Å². The van der Waals surface area contributed by atoms with Gasteiger partial charge in [-0.2, -0.15) is 5.10 Å². The molecule has 0 aliphatic carbocycles. The van der Waals surface area contributed by atoms with Crippen LogP contribution in [0.1, 0.15) is 19.4 Å². The number of aromatic nitrogens is 2. The number of benzene rings is 1. The standard InChI is InChI=1S/C14H17F2N3/c1-8(2)7-9-13(18-19(3)14(9)17)12-10(15)5-4-6-11(12)16/h4-6,8H,7,17H2,1-3H3.